The number of anilines is 1. The Balaban J connectivity index is 2.37. The molecule has 16 heavy (non-hydrogen) atoms. The topological polar surface area (TPSA) is 20.3 Å². The number of carbonyl (C=O) groups is 1. The minimum Gasteiger partial charge on any atom is -0.311 e. The maximum absolute atomic E-state index is 11.9. The van der Waals surface area contributed by atoms with Crippen LogP contribution in [-0.4, -0.2) is 17.8 Å². The van der Waals surface area contributed by atoms with Gasteiger partial charge in [0.2, 0.25) is 5.91 Å². The van der Waals surface area contributed by atoms with E-state index in [4.69, 9.17) is 11.6 Å². The van der Waals surface area contributed by atoms with Gasteiger partial charge in [-0.2, -0.15) is 0 Å². The van der Waals surface area contributed by atoms with E-state index < -0.39 is 5.38 Å². The zero-order valence-electron chi connectivity index (χ0n) is 9.66. The summed E-state index contributed by atoms with van der Waals surface area (Å²) >= 11 is 5.87. The summed E-state index contributed by atoms with van der Waals surface area (Å²) in [7, 11) is 0. The summed E-state index contributed by atoms with van der Waals surface area (Å²) in [4.78, 5) is 13.8. The molecular weight excluding hydrogens is 222 g/mol. The Hall–Kier alpha value is -1.02. The van der Waals surface area contributed by atoms with Gasteiger partial charge >= 0.3 is 0 Å². The largest absolute Gasteiger partial charge is 0.311 e. The van der Waals surface area contributed by atoms with Gasteiger partial charge in [0.15, 0.2) is 0 Å². The van der Waals surface area contributed by atoms with E-state index in [1.54, 1.807) is 6.92 Å². The third-order valence-electron chi connectivity index (χ3n) is 2.96. The van der Waals surface area contributed by atoms with Crippen LogP contribution < -0.4 is 4.90 Å². The fourth-order valence-electron chi connectivity index (χ4n) is 2.17. The van der Waals surface area contributed by atoms with Gasteiger partial charge in [0, 0.05) is 12.2 Å². The Bertz CT molecular complexity index is 414. The van der Waals surface area contributed by atoms with Crippen molar-refractivity contribution in [2.24, 2.45) is 0 Å². The molecule has 0 saturated carbocycles. The quantitative estimate of drug-likeness (QED) is 0.688. The molecule has 1 aliphatic heterocycles. The number of amides is 1. The number of hydrogen-bond acceptors (Lipinski definition) is 1. The number of halogens is 1. The van der Waals surface area contributed by atoms with Crippen LogP contribution in [0.5, 0.6) is 0 Å². The van der Waals surface area contributed by atoms with Gasteiger partial charge in [0.1, 0.15) is 5.38 Å². The van der Waals surface area contributed by atoms with E-state index in [1.807, 2.05) is 17.0 Å². The lowest BCUT2D eigenvalue weighted by atomic mass is 9.99. The average Bonchev–Trinajstić information content (AvgIpc) is 2.26. The fraction of sp³-hybridized carbons (Fsp3) is 0.462. The van der Waals surface area contributed by atoms with E-state index in [9.17, 15) is 4.79 Å². The second-order valence-corrected chi connectivity index (χ2v) is 5.00. The number of carbonyl (C=O) groups excluding carboxylic acids is 1. The van der Waals surface area contributed by atoms with E-state index in [-0.39, 0.29) is 5.91 Å². The summed E-state index contributed by atoms with van der Waals surface area (Å²) in [5.41, 5.74) is 3.54. The Kier molecular flexibility index (Phi) is 3.20. The van der Waals surface area contributed by atoms with Crippen LogP contribution in [0.3, 0.4) is 0 Å². The molecule has 1 atom stereocenters. The molecule has 0 N–H and O–H groups in total. The Morgan fingerprint density at radius 1 is 1.50 bits per heavy atom. The molecule has 1 aliphatic rings. The van der Waals surface area contributed by atoms with Gasteiger partial charge in [-0.25, -0.2) is 0 Å². The normalized spacial score (nSPS) is 16.8. The van der Waals surface area contributed by atoms with Gasteiger partial charge in [0.25, 0.3) is 0 Å². The van der Waals surface area contributed by atoms with Crippen LogP contribution in [0.2, 0.25) is 0 Å². The summed E-state index contributed by atoms with van der Waals surface area (Å²) in [6.07, 6.45) is 2.07. The molecule has 86 valence electrons. The van der Waals surface area contributed by atoms with Crippen molar-refractivity contribution in [3.05, 3.63) is 29.3 Å². The lowest BCUT2D eigenvalue weighted by molar-refractivity contribution is -0.118. The molecule has 1 heterocycles. The van der Waals surface area contributed by atoms with E-state index in [0.29, 0.717) is 0 Å². The van der Waals surface area contributed by atoms with Crippen LogP contribution in [0.1, 0.15) is 24.5 Å². The van der Waals surface area contributed by atoms with E-state index >= 15 is 0 Å². The Morgan fingerprint density at radius 3 is 2.94 bits per heavy atom. The Morgan fingerprint density at radius 2 is 2.25 bits per heavy atom. The van der Waals surface area contributed by atoms with Crippen LogP contribution >= 0.6 is 11.6 Å². The minimum atomic E-state index is -0.452. The van der Waals surface area contributed by atoms with Crippen molar-refractivity contribution < 1.29 is 4.79 Å². The number of benzene rings is 1. The van der Waals surface area contributed by atoms with Crippen LogP contribution in [0.4, 0.5) is 5.69 Å². The first-order chi connectivity index (χ1) is 7.59. The third-order valence-corrected chi connectivity index (χ3v) is 3.15. The minimum absolute atomic E-state index is 0.00599. The van der Waals surface area contributed by atoms with Crippen molar-refractivity contribution >= 4 is 23.2 Å². The number of alkyl halides is 1. The summed E-state index contributed by atoms with van der Waals surface area (Å²) in [6.45, 7) is 4.59. The second-order valence-electron chi connectivity index (χ2n) is 4.34. The molecular formula is C13H16ClNO. The summed E-state index contributed by atoms with van der Waals surface area (Å²) in [6, 6.07) is 6.23. The predicted molar refractivity (Wildman–Crippen MR) is 67.2 cm³/mol. The van der Waals surface area contributed by atoms with Crippen molar-refractivity contribution in [1.82, 2.24) is 0 Å². The zero-order valence-corrected chi connectivity index (χ0v) is 10.4. The predicted octanol–water partition coefficient (Wildman–Crippen LogP) is 2.90. The Labute approximate surface area is 101 Å². The molecule has 0 aliphatic carbocycles. The number of rotatable bonds is 1. The van der Waals surface area contributed by atoms with Crippen molar-refractivity contribution in [2.45, 2.75) is 32.1 Å². The first-order valence-electron chi connectivity index (χ1n) is 5.64. The number of hydrogen-bond donors (Lipinski definition) is 0. The van der Waals surface area contributed by atoms with Gasteiger partial charge in [-0.15, -0.1) is 11.6 Å². The third kappa shape index (κ3) is 2.07. The van der Waals surface area contributed by atoms with Gasteiger partial charge < -0.3 is 4.90 Å². The number of nitrogens with zero attached hydrogens (tertiary/aromatic N) is 1. The molecule has 2 nitrogen and oxygen atoms in total. The van der Waals surface area contributed by atoms with E-state index in [2.05, 4.69) is 13.0 Å². The maximum Gasteiger partial charge on any atom is 0.244 e. The highest BCUT2D eigenvalue weighted by Gasteiger charge is 2.24. The maximum atomic E-state index is 11.9. The molecule has 0 bridgehead atoms. The molecule has 1 amide bonds. The van der Waals surface area contributed by atoms with E-state index in [0.717, 1.165) is 25.1 Å². The van der Waals surface area contributed by atoms with Gasteiger partial charge in [-0.3, -0.25) is 4.79 Å². The monoisotopic (exact) mass is 237 g/mol. The smallest absolute Gasteiger partial charge is 0.244 e. The number of aryl methyl sites for hydroxylation is 2. The molecule has 2 rings (SSSR count). The highest BCUT2D eigenvalue weighted by molar-refractivity contribution is 6.32. The summed E-state index contributed by atoms with van der Waals surface area (Å²) < 4.78 is 0. The molecule has 0 aromatic heterocycles. The molecule has 3 heteroatoms. The summed E-state index contributed by atoms with van der Waals surface area (Å²) in [5.74, 6) is 0.00599. The lowest BCUT2D eigenvalue weighted by Crippen LogP contribution is -2.39. The molecule has 0 radical (unpaired) electrons. The van der Waals surface area contributed by atoms with Crippen molar-refractivity contribution in [2.75, 3.05) is 11.4 Å². The molecule has 0 saturated heterocycles. The molecule has 1 aromatic carbocycles. The molecule has 1 aromatic rings. The van der Waals surface area contributed by atoms with Crippen molar-refractivity contribution in [3.63, 3.8) is 0 Å². The van der Waals surface area contributed by atoms with Gasteiger partial charge in [0.05, 0.1) is 0 Å². The van der Waals surface area contributed by atoms with Crippen LogP contribution in [-0.2, 0) is 11.2 Å². The zero-order chi connectivity index (χ0) is 11.7. The molecule has 1 unspecified atom stereocenters. The van der Waals surface area contributed by atoms with Gasteiger partial charge in [-0.05, 0) is 38.3 Å². The molecule has 0 spiro atoms. The number of fused-ring (bicyclic) bond motifs is 1. The SMILES string of the molecule is Cc1ccc2c(c1)CCCN2C(=O)C(C)Cl. The highest BCUT2D eigenvalue weighted by Crippen LogP contribution is 2.28. The van der Waals surface area contributed by atoms with Gasteiger partial charge in [-0.1, -0.05) is 17.7 Å². The first-order valence-corrected chi connectivity index (χ1v) is 6.08. The standard InChI is InChI=1S/C13H16ClNO/c1-9-5-6-12-11(8-9)4-3-7-15(12)13(16)10(2)14/h5-6,8,10H,3-4,7H2,1-2H3. The van der Waals surface area contributed by atoms with Crippen molar-refractivity contribution in [3.8, 4) is 0 Å². The fourth-order valence-corrected chi connectivity index (χ4v) is 2.29. The average molecular weight is 238 g/mol. The van der Waals surface area contributed by atoms with Crippen LogP contribution in [0, 0.1) is 6.92 Å². The van der Waals surface area contributed by atoms with E-state index in [1.165, 1.54) is 11.1 Å². The van der Waals surface area contributed by atoms with Crippen LogP contribution in [0.15, 0.2) is 18.2 Å². The lowest BCUT2D eigenvalue weighted by Gasteiger charge is -2.30. The summed E-state index contributed by atoms with van der Waals surface area (Å²) in [5, 5.41) is -0.452. The second kappa shape index (κ2) is 4.46. The van der Waals surface area contributed by atoms with Crippen molar-refractivity contribution in [1.29, 1.82) is 0 Å². The first kappa shape index (κ1) is 11.5. The van der Waals surface area contributed by atoms with Crippen LogP contribution in [0.25, 0.3) is 0 Å². The highest BCUT2D eigenvalue weighted by atomic mass is 35.5. The molecule has 0 fully saturated rings.